The normalized spacial score (nSPS) is 18.4. The van der Waals surface area contributed by atoms with Crippen molar-refractivity contribution in [1.82, 2.24) is 9.97 Å². The smallest absolute Gasteiger partial charge is 0.357 e. The van der Waals surface area contributed by atoms with E-state index in [0.29, 0.717) is 38.2 Å². The van der Waals surface area contributed by atoms with E-state index in [1.807, 2.05) is 4.90 Å². The Balaban J connectivity index is 1.80. The molecule has 1 aliphatic rings. The number of pyridine rings is 2. The van der Waals surface area contributed by atoms with E-state index in [9.17, 15) is 26.4 Å². The van der Waals surface area contributed by atoms with Crippen molar-refractivity contribution in [3.8, 4) is 11.3 Å². The number of rotatable bonds is 4. The SMILES string of the molecule is [2H]C1([2H])CCCCCCCN(CCCC(C)=O)c2cccc(n2)S(=O)(=O)Nc2ccc(C(F)(F)F)c(n2)-c2ccccc21. The molecule has 4 bridgehead atoms. The fourth-order valence-corrected chi connectivity index (χ4v) is 5.72. The van der Waals surface area contributed by atoms with Gasteiger partial charge in [0, 0.05) is 27.8 Å². The maximum atomic E-state index is 14.1. The first kappa shape index (κ1) is 27.7. The van der Waals surface area contributed by atoms with Gasteiger partial charge in [0.25, 0.3) is 10.0 Å². The molecular formula is C30H35F3N4O3S. The number of nitrogens with zero attached hydrogens (tertiary/aromatic N) is 3. The number of hydrogen-bond donors (Lipinski definition) is 1. The summed E-state index contributed by atoms with van der Waals surface area (Å²) in [6.07, 6.45) is -2.00. The fourth-order valence-electron chi connectivity index (χ4n) is 4.75. The molecule has 1 aliphatic heterocycles. The third-order valence-electron chi connectivity index (χ3n) is 6.81. The maximum absolute atomic E-state index is 14.1. The summed E-state index contributed by atoms with van der Waals surface area (Å²) < 4.78 is 89.0. The molecule has 0 aliphatic carbocycles. The molecule has 0 saturated carbocycles. The Kier molecular flexibility index (Phi) is 9.09. The van der Waals surface area contributed by atoms with Crippen LogP contribution in [0.5, 0.6) is 0 Å². The van der Waals surface area contributed by atoms with Gasteiger partial charge >= 0.3 is 6.18 Å². The predicted molar refractivity (Wildman–Crippen MR) is 153 cm³/mol. The number of halogens is 3. The molecule has 1 N–H and O–H groups in total. The Bertz CT molecular complexity index is 1550. The summed E-state index contributed by atoms with van der Waals surface area (Å²) in [5.41, 5.74) is -1.67. The zero-order chi connectivity index (χ0) is 31.3. The summed E-state index contributed by atoms with van der Waals surface area (Å²) in [5.74, 6) is 0.102. The van der Waals surface area contributed by atoms with Gasteiger partial charge in [-0.05, 0) is 62.4 Å². The van der Waals surface area contributed by atoms with Gasteiger partial charge in [-0.15, -0.1) is 0 Å². The molecule has 3 aromatic rings. The van der Waals surface area contributed by atoms with E-state index in [-0.39, 0.29) is 34.2 Å². The lowest BCUT2D eigenvalue weighted by Crippen LogP contribution is -2.28. The third-order valence-corrected chi connectivity index (χ3v) is 8.06. The summed E-state index contributed by atoms with van der Waals surface area (Å²) in [7, 11) is -4.37. The molecule has 1 aromatic carbocycles. The van der Waals surface area contributed by atoms with Gasteiger partial charge in [-0.2, -0.15) is 21.6 Å². The molecule has 2 aromatic heterocycles. The number of hydrogen-bond acceptors (Lipinski definition) is 6. The van der Waals surface area contributed by atoms with Crippen molar-refractivity contribution in [3.05, 3.63) is 65.7 Å². The number of fused-ring (bicyclic) bond motifs is 6. The first-order valence-electron chi connectivity index (χ1n) is 14.7. The molecule has 0 amide bonds. The number of aryl methyl sites for hydroxylation is 1. The average molecular weight is 591 g/mol. The van der Waals surface area contributed by atoms with Crippen LogP contribution in [0, 0.1) is 0 Å². The zero-order valence-corrected chi connectivity index (χ0v) is 23.7. The molecule has 7 nitrogen and oxygen atoms in total. The Hall–Kier alpha value is -3.47. The van der Waals surface area contributed by atoms with Crippen LogP contribution in [0.4, 0.5) is 24.8 Å². The van der Waals surface area contributed by atoms with Crippen LogP contribution in [0.2, 0.25) is 0 Å². The summed E-state index contributed by atoms with van der Waals surface area (Å²) in [5, 5.41) is -0.334. The van der Waals surface area contributed by atoms with Gasteiger partial charge in [0.05, 0.1) is 11.3 Å². The average Bonchev–Trinajstić information content (AvgIpc) is 2.94. The second-order valence-corrected chi connectivity index (χ2v) is 11.7. The molecule has 41 heavy (non-hydrogen) atoms. The van der Waals surface area contributed by atoms with Crippen molar-refractivity contribution >= 4 is 27.4 Å². The molecule has 0 radical (unpaired) electrons. The van der Waals surface area contributed by atoms with Gasteiger partial charge in [-0.25, -0.2) is 9.97 Å². The van der Waals surface area contributed by atoms with Gasteiger partial charge in [-0.1, -0.05) is 56.0 Å². The fraction of sp³-hybridized carbons (Fsp3) is 0.433. The number of carbonyl (C=O) groups is 1. The number of alkyl halides is 3. The van der Waals surface area contributed by atoms with Crippen LogP contribution >= 0.6 is 0 Å². The predicted octanol–water partition coefficient (Wildman–Crippen LogP) is 7.04. The second kappa shape index (κ2) is 13.5. The Morgan fingerprint density at radius 2 is 1.71 bits per heavy atom. The van der Waals surface area contributed by atoms with E-state index in [4.69, 9.17) is 2.74 Å². The van der Waals surface area contributed by atoms with Gasteiger partial charge in [0.2, 0.25) is 0 Å². The third kappa shape index (κ3) is 8.28. The van der Waals surface area contributed by atoms with E-state index in [1.54, 1.807) is 18.2 Å². The standard InChI is InChI=1S/C30H35F3N4O3S/c1-22(38)12-11-21-37-20-9-5-3-2-4-6-13-23-14-7-8-15-24(23)29-25(30(31,32)33)18-19-26(34-29)36-41(39,40)28-17-10-16-27(37)35-28/h7-8,10,14-19H,2-6,9,11-13,20-21H2,1H3,(H,34,36)/i13D2. The van der Waals surface area contributed by atoms with Crippen LogP contribution in [-0.2, 0) is 27.4 Å². The number of carbonyl (C=O) groups excluding carboxylic acids is 1. The van der Waals surface area contributed by atoms with Crippen molar-refractivity contribution in [2.24, 2.45) is 0 Å². The molecular weight excluding hydrogens is 553 g/mol. The topological polar surface area (TPSA) is 92.3 Å². The monoisotopic (exact) mass is 590 g/mol. The maximum Gasteiger partial charge on any atom is 0.418 e. The molecule has 4 rings (SSSR count). The van der Waals surface area contributed by atoms with Crippen molar-refractivity contribution in [3.63, 3.8) is 0 Å². The highest BCUT2D eigenvalue weighted by atomic mass is 32.2. The lowest BCUT2D eigenvalue weighted by atomic mass is 9.96. The van der Waals surface area contributed by atoms with Gasteiger partial charge in [0.1, 0.15) is 17.4 Å². The lowest BCUT2D eigenvalue weighted by molar-refractivity contribution is -0.137. The second-order valence-electron chi connectivity index (χ2n) is 10.1. The van der Waals surface area contributed by atoms with Gasteiger partial charge < -0.3 is 9.69 Å². The molecule has 3 heterocycles. The Morgan fingerprint density at radius 1 is 0.976 bits per heavy atom. The van der Waals surface area contributed by atoms with E-state index in [0.717, 1.165) is 37.8 Å². The number of benzene rings is 1. The van der Waals surface area contributed by atoms with E-state index >= 15 is 0 Å². The Morgan fingerprint density at radius 3 is 2.46 bits per heavy atom. The number of ketones is 1. The molecule has 0 atom stereocenters. The minimum Gasteiger partial charge on any atom is -0.357 e. The first-order valence-corrected chi connectivity index (χ1v) is 15.2. The molecule has 0 unspecified atom stereocenters. The minimum absolute atomic E-state index is 0.0521. The number of anilines is 2. The molecule has 0 saturated heterocycles. The summed E-state index contributed by atoms with van der Waals surface area (Å²) in [6.45, 7) is 2.59. The van der Waals surface area contributed by atoms with E-state index in [1.165, 1.54) is 31.2 Å². The van der Waals surface area contributed by atoms with Crippen LogP contribution in [0.25, 0.3) is 11.3 Å². The quantitative estimate of drug-likeness (QED) is 0.351. The van der Waals surface area contributed by atoms with Crippen LogP contribution in [0.3, 0.4) is 0 Å². The summed E-state index contributed by atoms with van der Waals surface area (Å²) in [6, 6.07) is 12.1. The summed E-state index contributed by atoms with van der Waals surface area (Å²) in [4.78, 5) is 21.9. The molecule has 220 valence electrons. The van der Waals surface area contributed by atoms with Gasteiger partial charge in [-0.3, -0.25) is 4.72 Å². The highest BCUT2D eigenvalue weighted by Crippen LogP contribution is 2.38. The molecule has 0 spiro atoms. The van der Waals surface area contributed by atoms with E-state index in [2.05, 4.69) is 14.7 Å². The van der Waals surface area contributed by atoms with Crippen molar-refractivity contribution in [2.75, 3.05) is 22.7 Å². The molecule has 0 fully saturated rings. The van der Waals surface area contributed by atoms with Crippen LogP contribution < -0.4 is 9.62 Å². The van der Waals surface area contributed by atoms with Gasteiger partial charge in [0.15, 0.2) is 5.03 Å². The number of nitrogens with one attached hydrogen (secondary N) is 1. The summed E-state index contributed by atoms with van der Waals surface area (Å²) >= 11 is 0. The minimum atomic E-state index is -4.82. The highest BCUT2D eigenvalue weighted by Gasteiger charge is 2.35. The Labute approximate surface area is 242 Å². The molecule has 11 heteroatoms. The van der Waals surface area contributed by atoms with Crippen LogP contribution in [0.15, 0.2) is 59.6 Å². The van der Waals surface area contributed by atoms with Crippen molar-refractivity contribution in [1.29, 1.82) is 0 Å². The van der Waals surface area contributed by atoms with Crippen molar-refractivity contribution < 1.29 is 29.1 Å². The lowest BCUT2D eigenvalue weighted by Gasteiger charge is -2.24. The number of aromatic nitrogens is 2. The first-order chi connectivity index (χ1) is 20.3. The van der Waals surface area contributed by atoms with E-state index < -0.39 is 33.8 Å². The van der Waals surface area contributed by atoms with Crippen molar-refractivity contribution in [2.45, 2.75) is 75.9 Å². The zero-order valence-electron chi connectivity index (χ0n) is 24.9. The highest BCUT2D eigenvalue weighted by molar-refractivity contribution is 7.92. The number of sulfonamides is 1. The van der Waals surface area contributed by atoms with Crippen LogP contribution in [-0.4, -0.2) is 37.3 Å². The van der Waals surface area contributed by atoms with Crippen LogP contribution in [0.1, 0.15) is 72.2 Å². The number of Topliss-reactive ketones (excluding diaryl/α,β-unsaturated/α-hetero) is 1. The largest absolute Gasteiger partial charge is 0.418 e.